The molecule has 9 heteroatoms. The van der Waals surface area contributed by atoms with E-state index in [4.69, 9.17) is 4.74 Å². The van der Waals surface area contributed by atoms with Crippen molar-refractivity contribution in [3.63, 3.8) is 0 Å². The van der Waals surface area contributed by atoms with Crippen LogP contribution in [0.15, 0.2) is 48.5 Å². The topological polar surface area (TPSA) is 105 Å². The summed E-state index contributed by atoms with van der Waals surface area (Å²) < 4.78 is 18.4. The van der Waals surface area contributed by atoms with Gasteiger partial charge in [0.15, 0.2) is 6.61 Å². The molecule has 0 radical (unpaired) electrons. The number of carbonyl (C=O) groups excluding carboxylic acids is 4. The molecular weight excluding hydrogens is 381 g/mol. The summed E-state index contributed by atoms with van der Waals surface area (Å²) in [5.74, 6) is -2.32. The van der Waals surface area contributed by atoms with Gasteiger partial charge in [0.2, 0.25) is 5.91 Å². The van der Waals surface area contributed by atoms with Crippen LogP contribution in [0, 0.1) is 5.82 Å². The molecule has 2 aromatic rings. The number of hydrogen-bond donors (Lipinski definition) is 2. The largest absolute Gasteiger partial charge is 0.452 e. The molecule has 0 aromatic heterocycles. The minimum Gasteiger partial charge on any atom is -0.452 e. The summed E-state index contributed by atoms with van der Waals surface area (Å²) in [5.41, 5.74) is 0.657. The lowest BCUT2D eigenvalue weighted by atomic mass is 10.2. The average molecular weight is 399 g/mol. The van der Waals surface area contributed by atoms with Crippen molar-refractivity contribution < 1.29 is 28.3 Å². The van der Waals surface area contributed by atoms with E-state index in [-0.39, 0.29) is 17.2 Å². The molecule has 1 aliphatic rings. The van der Waals surface area contributed by atoms with Gasteiger partial charge in [0.1, 0.15) is 5.82 Å². The van der Waals surface area contributed by atoms with E-state index in [1.54, 1.807) is 17.0 Å². The normalized spacial score (nSPS) is 13.1. The number of nitrogens with one attached hydrogen (secondary N) is 2. The highest BCUT2D eigenvalue weighted by Crippen LogP contribution is 2.22. The number of anilines is 2. The first-order valence-electron chi connectivity index (χ1n) is 8.87. The van der Waals surface area contributed by atoms with Crippen molar-refractivity contribution in [1.82, 2.24) is 5.32 Å². The number of hydrogen-bond acceptors (Lipinski definition) is 5. The van der Waals surface area contributed by atoms with Gasteiger partial charge in [0, 0.05) is 18.7 Å². The second-order valence-electron chi connectivity index (χ2n) is 6.26. The average Bonchev–Trinajstić information content (AvgIpc) is 3.14. The van der Waals surface area contributed by atoms with Crippen molar-refractivity contribution in [3.8, 4) is 0 Å². The Morgan fingerprint density at radius 3 is 2.62 bits per heavy atom. The first-order chi connectivity index (χ1) is 13.9. The summed E-state index contributed by atoms with van der Waals surface area (Å²) in [5, 5.41) is 4.12. The Bertz CT molecular complexity index is 963. The van der Waals surface area contributed by atoms with E-state index in [1.165, 1.54) is 30.3 Å². The molecule has 1 fully saturated rings. The number of urea groups is 1. The van der Waals surface area contributed by atoms with E-state index in [0.717, 1.165) is 12.5 Å². The van der Waals surface area contributed by atoms with E-state index in [9.17, 15) is 23.6 Å². The van der Waals surface area contributed by atoms with Gasteiger partial charge < -0.3 is 15.0 Å². The molecule has 0 aliphatic carbocycles. The predicted molar refractivity (Wildman–Crippen MR) is 102 cm³/mol. The summed E-state index contributed by atoms with van der Waals surface area (Å²) >= 11 is 0. The number of benzene rings is 2. The zero-order chi connectivity index (χ0) is 20.8. The van der Waals surface area contributed by atoms with E-state index in [0.29, 0.717) is 18.7 Å². The van der Waals surface area contributed by atoms with Crippen LogP contribution >= 0.6 is 0 Å². The van der Waals surface area contributed by atoms with Gasteiger partial charge >= 0.3 is 12.0 Å². The van der Waals surface area contributed by atoms with E-state index in [2.05, 4.69) is 5.32 Å². The molecule has 1 saturated heterocycles. The van der Waals surface area contributed by atoms with Crippen LogP contribution in [0.5, 0.6) is 0 Å². The Balaban J connectivity index is 1.51. The molecule has 0 spiro atoms. The maximum atomic E-state index is 13.5. The lowest BCUT2D eigenvalue weighted by molar-refractivity contribution is -0.123. The highest BCUT2D eigenvalue weighted by molar-refractivity contribution is 6.02. The first-order valence-corrected chi connectivity index (χ1v) is 8.87. The van der Waals surface area contributed by atoms with Crippen molar-refractivity contribution in [2.75, 3.05) is 23.4 Å². The quantitative estimate of drug-likeness (QED) is 0.752. The van der Waals surface area contributed by atoms with Crippen LogP contribution in [0.4, 0.5) is 20.6 Å². The van der Waals surface area contributed by atoms with E-state index < -0.39 is 30.3 Å². The minimum absolute atomic E-state index is 0.0178. The SMILES string of the molecule is O=C(COC(=O)c1cccc(N2CCCC2=O)c1)NC(=O)Nc1ccccc1F. The first kappa shape index (κ1) is 20.0. The molecule has 3 rings (SSSR count). The zero-order valence-electron chi connectivity index (χ0n) is 15.3. The Morgan fingerprint density at radius 1 is 1.10 bits per heavy atom. The molecule has 2 N–H and O–H groups in total. The molecule has 0 bridgehead atoms. The van der Waals surface area contributed by atoms with Crippen LogP contribution in [-0.4, -0.2) is 37.0 Å². The second-order valence-corrected chi connectivity index (χ2v) is 6.26. The molecule has 29 heavy (non-hydrogen) atoms. The fourth-order valence-corrected chi connectivity index (χ4v) is 2.82. The fraction of sp³-hybridized carbons (Fsp3) is 0.200. The summed E-state index contributed by atoms with van der Waals surface area (Å²) in [6, 6.07) is 10.8. The van der Waals surface area contributed by atoms with Gasteiger partial charge in [-0.05, 0) is 36.8 Å². The summed E-state index contributed by atoms with van der Waals surface area (Å²) in [7, 11) is 0. The zero-order valence-corrected chi connectivity index (χ0v) is 15.3. The van der Waals surface area contributed by atoms with Crippen LogP contribution < -0.4 is 15.5 Å². The number of carbonyl (C=O) groups is 4. The molecule has 0 unspecified atom stereocenters. The molecular formula is C20H18FN3O5. The number of nitrogens with zero attached hydrogens (tertiary/aromatic N) is 1. The second kappa shape index (κ2) is 8.96. The number of ether oxygens (including phenoxy) is 1. The lowest BCUT2D eigenvalue weighted by Gasteiger charge is -2.16. The minimum atomic E-state index is -0.953. The molecule has 1 heterocycles. The lowest BCUT2D eigenvalue weighted by Crippen LogP contribution is -2.37. The van der Waals surface area contributed by atoms with Gasteiger partial charge in [0.25, 0.3) is 5.91 Å². The Hall–Kier alpha value is -3.75. The fourth-order valence-electron chi connectivity index (χ4n) is 2.82. The van der Waals surface area contributed by atoms with Gasteiger partial charge in [-0.2, -0.15) is 0 Å². The van der Waals surface area contributed by atoms with Crippen molar-refractivity contribution in [3.05, 3.63) is 59.9 Å². The van der Waals surface area contributed by atoms with Crippen molar-refractivity contribution in [1.29, 1.82) is 0 Å². The molecule has 0 atom stereocenters. The third-order valence-corrected chi connectivity index (χ3v) is 4.18. The third-order valence-electron chi connectivity index (χ3n) is 4.18. The molecule has 8 nitrogen and oxygen atoms in total. The summed E-state index contributed by atoms with van der Waals surface area (Å²) in [6.07, 6.45) is 1.21. The number of rotatable bonds is 5. The number of para-hydroxylation sites is 1. The van der Waals surface area contributed by atoms with Crippen LogP contribution in [0.1, 0.15) is 23.2 Å². The van der Waals surface area contributed by atoms with Crippen LogP contribution in [0.2, 0.25) is 0 Å². The van der Waals surface area contributed by atoms with Gasteiger partial charge in [-0.15, -0.1) is 0 Å². The van der Waals surface area contributed by atoms with Crippen LogP contribution in [0.3, 0.4) is 0 Å². The standard InChI is InChI=1S/C20H18FN3O5/c21-15-7-1-2-8-16(15)22-20(28)23-17(25)12-29-19(27)13-5-3-6-14(11-13)24-10-4-9-18(24)26/h1-3,5-8,11H,4,9-10,12H2,(H2,22,23,25,28). The highest BCUT2D eigenvalue weighted by Gasteiger charge is 2.22. The Morgan fingerprint density at radius 2 is 1.90 bits per heavy atom. The predicted octanol–water partition coefficient (Wildman–Crippen LogP) is 2.46. The number of esters is 1. The summed E-state index contributed by atoms with van der Waals surface area (Å²) in [4.78, 5) is 49.1. The van der Waals surface area contributed by atoms with E-state index >= 15 is 0 Å². The van der Waals surface area contributed by atoms with Gasteiger partial charge in [-0.25, -0.2) is 14.0 Å². The highest BCUT2D eigenvalue weighted by atomic mass is 19.1. The third kappa shape index (κ3) is 5.16. The van der Waals surface area contributed by atoms with Crippen LogP contribution in [0.25, 0.3) is 0 Å². The number of amides is 4. The molecule has 2 aromatic carbocycles. The van der Waals surface area contributed by atoms with Crippen LogP contribution in [-0.2, 0) is 14.3 Å². The molecule has 0 saturated carbocycles. The molecule has 150 valence electrons. The van der Waals surface area contributed by atoms with Crippen molar-refractivity contribution in [2.24, 2.45) is 0 Å². The van der Waals surface area contributed by atoms with Gasteiger partial charge in [-0.3, -0.25) is 14.9 Å². The Kier molecular flexibility index (Phi) is 6.18. The Labute approximate surface area is 165 Å². The number of halogens is 1. The van der Waals surface area contributed by atoms with Crippen molar-refractivity contribution in [2.45, 2.75) is 12.8 Å². The molecule has 4 amide bonds. The van der Waals surface area contributed by atoms with E-state index in [1.807, 2.05) is 5.32 Å². The van der Waals surface area contributed by atoms with Gasteiger partial charge in [0.05, 0.1) is 11.3 Å². The smallest absolute Gasteiger partial charge is 0.338 e. The van der Waals surface area contributed by atoms with Gasteiger partial charge in [-0.1, -0.05) is 18.2 Å². The van der Waals surface area contributed by atoms with Crippen molar-refractivity contribution >= 4 is 35.2 Å². The number of imide groups is 1. The summed E-state index contributed by atoms with van der Waals surface area (Å²) in [6.45, 7) is -0.118. The maximum Gasteiger partial charge on any atom is 0.338 e. The molecule has 1 aliphatic heterocycles. The maximum absolute atomic E-state index is 13.5. The monoisotopic (exact) mass is 399 g/mol.